The number of carbonyl (C=O) groups excluding carboxylic acids is 3. The van der Waals surface area contributed by atoms with E-state index in [0.717, 1.165) is 0 Å². The van der Waals surface area contributed by atoms with Crippen LogP contribution in [0.2, 0.25) is 0 Å². The molecule has 8 heteroatoms. The van der Waals surface area contributed by atoms with Crippen LogP contribution in [0.5, 0.6) is 0 Å². The molecule has 108 valence electrons. The fourth-order valence-electron chi connectivity index (χ4n) is 1.23. The first kappa shape index (κ1) is 16.1. The van der Waals surface area contributed by atoms with E-state index in [1.807, 2.05) is 0 Å². The Hall–Kier alpha value is -1.96. The van der Waals surface area contributed by atoms with Crippen molar-refractivity contribution >= 4 is 33.7 Å². The molecule has 1 heterocycles. The molecule has 7 nitrogen and oxygen atoms in total. The van der Waals surface area contributed by atoms with E-state index in [4.69, 9.17) is 4.74 Å². The summed E-state index contributed by atoms with van der Waals surface area (Å²) in [6, 6.07) is 1.54. The molecule has 0 saturated carbocycles. The lowest BCUT2D eigenvalue weighted by Gasteiger charge is -2.15. The predicted octanol–water partition coefficient (Wildman–Crippen LogP) is 0.205. The largest absolute Gasteiger partial charge is 0.452 e. The molecule has 1 aromatic rings. The zero-order valence-corrected chi connectivity index (χ0v) is 12.6. The van der Waals surface area contributed by atoms with Crippen LogP contribution in [0.1, 0.15) is 10.4 Å². The van der Waals surface area contributed by atoms with Crippen LogP contribution in [-0.2, 0) is 14.3 Å². The third-order valence-corrected chi connectivity index (χ3v) is 2.79. The van der Waals surface area contributed by atoms with Crippen LogP contribution >= 0.6 is 15.9 Å². The van der Waals surface area contributed by atoms with Gasteiger partial charge >= 0.3 is 5.97 Å². The number of nitrogens with zero attached hydrogens (tertiary/aromatic N) is 2. The molecular weight excluding hydrogens is 330 g/mol. The van der Waals surface area contributed by atoms with Gasteiger partial charge in [-0.1, -0.05) is 0 Å². The number of aromatic nitrogens is 1. The van der Waals surface area contributed by atoms with Gasteiger partial charge in [-0.25, -0.2) is 4.79 Å². The van der Waals surface area contributed by atoms with Crippen molar-refractivity contribution in [2.45, 2.75) is 0 Å². The zero-order chi connectivity index (χ0) is 15.1. The Morgan fingerprint density at radius 2 is 2.10 bits per heavy atom. The minimum Gasteiger partial charge on any atom is -0.452 e. The maximum atomic E-state index is 11.7. The SMILES string of the molecule is CNC(=O)CN(C)C(=O)COC(=O)c1cncc(Br)c1. The van der Waals surface area contributed by atoms with Crippen molar-refractivity contribution in [1.82, 2.24) is 15.2 Å². The number of esters is 1. The Morgan fingerprint density at radius 1 is 1.40 bits per heavy atom. The van der Waals surface area contributed by atoms with Gasteiger partial charge in [-0.05, 0) is 22.0 Å². The molecule has 0 radical (unpaired) electrons. The standard InChI is InChI=1S/C12H14BrN3O4/c1-14-10(17)6-16(2)11(18)7-20-12(19)8-3-9(13)5-15-4-8/h3-5H,6-7H2,1-2H3,(H,14,17). The minimum absolute atomic E-state index is 0.0919. The summed E-state index contributed by atoms with van der Waals surface area (Å²) in [6.45, 7) is -0.524. The molecule has 2 amide bonds. The molecule has 0 unspecified atom stereocenters. The summed E-state index contributed by atoms with van der Waals surface area (Å²) < 4.78 is 5.49. The second kappa shape index (κ2) is 7.59. The smallest absolute Gasteiger partial charge is 0.340 e. The van der Waals surface area contributed by atoms with Gasteiger partial charge in [0.15, 0.2) is 6.61 Å². The van der Waals surface area contributed by atoms with Crippen molar-refractivity contribution in [2.24, 2.45) is 0 Å². The topological polar surface area (TPSA) is 88.6 Å². The molecule has 20 heavy (non-hydrogen) atoms. The second-order valence-corrected chi connectivity index (χ2v) is 4.81. The molecule has 0 atom stereocenters. The van der Waals surface area contributed by atoms with Gasteiger partial charge < -0.3 is 15.0 Å². The van der Waals surface area contributed by atoms with E-state index in [0.29, 0.717) is 4.47 Å². The molecule has 1 aromatic heterocycles. The lowest BCUT2D eigenvalue weighted by Crippen LogP contribution is -2.39. The van der Waals surface area contributed by atoms with Gasteiger partial charge in [0.05, 0.1) is 12.1 Å². The number of ether oxygens (including phenoxy) is 1. The summed E-state index contributed by atoms with van der Waals surface area (Å²) in [7, 11) is 2.92. The van der Waals surface area contributed by atoms with E-state index in [1.54, 1.807) is 0 Å². The molecule has 0 aliphatic rings. The van der Waals surface area contributed by atoms with Gasteiger partial charge in [0.1, 0.15) is 0 Å². The minimum atomic E-state index is -0.652. The number of nitrogens with one attached hydrogen (secondary N) is 1. The van der Waals surface area contributed by atoms with Gasteiger partial charge in [0.25, 0.3) is 5.91 Å². The third kappa shape index (κ3) is 4.96. The van der Waals surface area contributed by atoms with Gasteiger partial charge in [-0.15, -0.1) is 0 Å². The number of pyridine rings is 1. The molecule has 0 aromatic carbocycles. The van der Waals surface area contributed by atoms with E-state index in [9.17, 15) is 14.4 Å². The summed E-state index contributed by atoms with van der Waals surface area (Å²) in [6.07, 6.45) is 2.87. The molecular formula is C12H14BrN3O4. The number of carbonyl (C=O) groups is 3. The number of hydrogen-bond donors (Lipinski definition) is 1. The van der Waals surface area contributed by atoms with Crippen molar-refractivity contribution in [3.05, 3.63) is 28.5 Å². The number of rotatable bonds is 5. The van der Waals surface area contributed by atoms with E-state index < -0.39 is 18.5 Å². The van der Waals surface area contributed by atoms with Crippen LogP contribution in [0.15, 0.2) is 22.9 Å². The Bertz CT molecular complexity index is 521. The van der Waals surface area contributed by atoms with Crippen molar-refractivity contribution in [3.63, 3.8) is 0 Å². The lowest BCUT2D eigenvalue weighted by atomic mass is 10.3. The average Bonchev–Trinajstić information content (AvgIpc) is 2.43. The van der Waals surface area contributed by atoms with Crippen LogP contribution < -0.4 is 5.32 Å². The summed E-state index contributed by atoms with van der Waals surface area (Å²) >= 11 is 3.18. The Kier molecular flexibility index (Phi) is 6.10. The molecule has 0 spiro atoms. The van der Waals surface area contributed by atoms with Crippen molar-refractivity contribution in [3.8, 4) is 0 Å². The highest BCUT2D eigenvalue weighted by Gasteiger charge is 2.15. The molecule has 0 aliphatic heterocycles. The molecule has 1 rings (SSSR count). The predicted molar refractivity (Wildman–Crippen MR) is 73.9 cm³/mol. The third-order valence-electron chi connectivity index (χ3n) is 2.35. The van der Waals surface area contributed by atoms with E-state index in [2.05, 4.69) is 26.2 Å². The first-order valence-corrected chi connectivity index (χ1v) is 6.45. The zero-order valence-electron chi connectivity index (χ0n) is 11.1. The second-order valence-electron chi connectivity index (χ2n) is 3.89. The Labute approximate surface area is 124 Å². The Balaban J connectivity index is 2.48. The maximum Gasteiger partial charge on any atom is 0.340 e. The summed E-state index contributed by atoms with van der Waals surface area (Å²) in [5, 5.41) is 2.39. The number of halogens is 1. The van der Waals surface area contributed by atoms with Crippen LogP contribution in [0.3, 0.4) is 0 Å². The van der Waals surface area contributed by atoms with Crippen molar-refractivity contribution in [2.75, 3.05) is 27.2 Å². The van der Waals surface area contributed by atoms with Gasteiger partial charge in [-0.3, -0.25) is 14.6 Å². The van der Waals surface area contributed by atoms with Crippen LogP contribution in [0, 0.1) is 0 Å². The molecule has 1 N–H and O–H groups in total. The average molecular weight is 344 g/mol. The quantitative estimate of drug-likeness (QED) is 0.772. The van der Waals surface area contributed by atoms with E-state index in [-0.39, 0.29) is 18.0 Å². The summed E-state index contributed by atoms with van der Waals surface area (Å²) in [4.78, 5) is 39.4. The highest BCUT2D eigenvalue weighted by Crippen LogP contribution is 2.10. The first-order chi connectivity index (χ1) is 9.43. The van der Waals surface area contributed by atoms with Crippen LogP contribution in [-0.4, -0.2) is 54.9 Å². The van der Waals surface area contributed by atoms with Gasteiger partial charge in [0, 0.05) is 31.0 Å². The fourth-order valence-corrected chi connectivity index (χ4v) is 1.59. The normalized spacial score (nSPS) is 9.75. The van der Waals surface area contributed by atoms with Gasteiger partial charge in [0.2, 0.25) is 5.91 Å². The highest BCUT2D eigenvalue weighted by atomic mass is 79.9. The van der Waals surface area contributed by atoms with Crippen LogP contribution in [0.25, 0.3) is 0 Å². The Morgan fingerprint density at radius 3 is 2.70 bits per heavy atom. The number of amides is 2. The van der Waals surface area contributed by atoms with Crippen LogP contribution in [0.4, 0.5) is 0 Å². The molecule has 0 saturated heterocycles. The lowest BCUT2D eigenvalue weighted by molar-refractivity contribution is -0.137. The molecule has 0 aliphatic carbocycles. The highest BCUT2D eigenvalue weighted by molar-refractivity contribution is 9.10. The number of hydrogen-bond acceptors (Lipinski definition) is 5. The fraction of sp³-hybridized carbons (Fsp3) is 0.333. The van der Waals surface area contributed by atoms with Crippen molar-refractivity contribution in [1.29, 1.82) is 0 Å². The molecule has 0 bridgehead atoms. The maximum absolute atomic E-state index is 11.7. The monoisotopic (exact) mass is 343 g/mol. The molecule has 0 fully saturated rings. The summed E-state index contributed by atoms with van der Waals surface area (Å²) in [5.41, 5.74) is 0.237. The number of likely N-dealkylation sites (N-methyl/N-ethyl adjacent to an activating group) is 2. The first-order valence-electron chi connectivity index (χ1n) is 5.66. The van der Waals surface area contributed by atoms with E-state index in [1.165, 1.54) is 37.5 Å². The van der Waals surface area contributed by atoms with Gasteiger partial charge in [-0.2, -0.15) is 0 Å². The summed E-state index contributed by atoms with van der Waals surface area (Å²) in [5.74, 6) is -1.42. The van der Waals surface area contributed by atoms with E-state index >= 15 is 0 Å². The van der Waals surface area contributed by atoms with Crippen molar-refractivity contribution < 1.29 is 19.1 Å².